The molecule has 122 valence electrons. The average molecular weight is 336 g/mol. The maximum atomic E-state index is 12.7. The Kier molecular flexibility index (Phi) is 5.55. The molecule has 0 aliphatic heterocycles. The topological polar surface area (TPSA) is 44.1 Å². The van der Waals surface area contributed by atoms with Crippen LogP contribution in [0.15, 0.2) is 53.4 Å². The number of thioether (sulfide) groups is 1. The lowest BCUT2D eigenvalue weighted by Crippen LogP contribution is -2.33. The minimum atomic E-state index is 0.0435. The van der Waals surface area contributed by atoms with Crippen LogP contribution in [-0.4, -0.2) is 18.2 Å². The highest BCUT2D eigenvalue weighted by atomic mass is 32.2. The van der Waals surface area contributed by atoms with Gasteiger partial charge in [0.1, 0.15) is 0 Å². The van der Waals surface area contributed by atoms with Gasteiger partial charge >= 0.3 is 0 Å². The molecule has 4 heteroatoms. The molecule has 0 unspecified atom stereocenters. The number of para-hydroxylation sites is 1. The highest BCUT2D eigenvalue weighted by Gasteiger charge is 2.16. The third-order valence-corrected chi connectivity index (χ3v) is 5.23. The Morgan fingerprint density at radius 1 is 1.12 bits per heavy atom. The van der Waals surface area contributed by atoms with E-state index in [1.165, 1.54) is 24.0 Å². The predicted molar refractivity (Wildman–Crippen MR) is 98.2 cm³/mol. The fourth-order valence-electron chi connectivity index (χ4n) is 3.03. The van der Waals surface area contributed by atoms with Crippen molar-refractivity contribution in [3.05, 3.63) is 59.7 Å². The van der Waals surface area contributed by atoms with Crippen LogP contribution in [0, 0.1) is 11.3 Å². The maximum Gasteiger partial charge on any atom is 0.237 e. The second-order valence-electron chi connectivity index (χ2n) is 5.86. The van der Waals surface area contributed by atoms with Crippen molar-refractivity contribution in [3.8, 4) is 6.07 Å². The lowest BCUT2D eigenvalue weighted by molar-refractivity contribution is -0.116. The largest absolute Gasteiger partial charge is 0.311 e. The van der Waals surface area contributed by atoms with Crippen molar-refractivity contribution >= 4 is 23.4 Å². The first-order valence-electron chi connectivity index (χ1n) is 8.25. The zero-order chi connectivity index (χ0) is 16.8. The van der Waals surface area contributed by atoms with Gasteiger partial charge in [-0.1, -0.05) is 24.3 Å². The summed E-state index contributed by atoms with van der Waals surface area (Å²) in [6.07, 6.45) is 3.90. The van der Waals surface area contributed by atoms with Crippen molar-refractivity contribution in [3.63, 3.8) is 0 Å². The first kappa shape index (κ1) is 16.6. The molecule has 0 bridgehead atoms. The third kappa shape index (κ3) is 3.98. The molecule has 0 saturated heterocycles. The van der Waals surface area contributed by atoms with Crippen molar-refractivity contribution in [1.29, 1.82) is 5.26 Å². The molecule has 0 atom stereocenters. The number of carbonyl (C=O) groups is 1. The van der Waals surface area contributed by atoms with Crippen molar-refractivity contribution < 1.29 is 4.79 Å². The van der Waals surface area contributed by atoms with E-state index in [1.807, 2.05) is 30.3 Å². The lowest BCUT2D eigenvalue weighted by Gasteiger charge is -2.21. The molecule has 1 aliphatic rings. The first-order valence-corrected chi connectivity index (χ1v) is 9.23. The average Bonchev–Trinajstić information content (AvgIpc) is 3.09. The van der Waals surface area contributed by atoms with E-state index in [1.54, 1.807) is 16.7 Å². The fourth-order valence-corrected chi connectivity index (χ4v) is 3.86. The van der Waals surface area contributed by atoms with E-state index in [0.717, 1.165) is 17.0 Å². The predicted octanol–water partition coefficient (Wildman–Crippen LogP) is 4.21. The molecule has 3 nitrogen and oxygen atoms in total. The molecule has 3 rings (SSSR count). The SMILES string of the molecule is N#CCCN(C(=O)CSc1ccc2c(c1)CCC2)c1ccccc1. The van der Waals surface area contributed by atoms with Gasteiger partial charge in [-0.15, -0.1) is 11.8 Å². The molecule has 0 N–H and O–H groups in total. The van der Waals surface area contributed by atoms with E-state index in [9.17, 15) is 4.79 Å². The number of fused-ring (bicyclic) bond motifs is 1. The summed E-state index contributed by atoms with van der Waals surface area (Å²) in [6.45, 7) is 0.435. The molecule has 2 aromatic carbocycles. The Labute approximate surface area is 147 Å². The Balaban J connectivity index is 1.66. The smallest absolute Gasteiger partial charge is 0.237 e. The third-order valence-electron chi connectivity index (χ3n) is 4.25. The number of nitriles is 1. The van der Waals surface area contributed by atoms with Crippen LogP contribution in [0.1, 0.15) is 24.0 Å². The molecule has 1 amide bonds. The number of rotatable bonds is 6. The van der Waals surface area contributed by atoms with Gasteiger partial charge in [0.05, 0.1) is 18.2 Å². The summed E-state index contributed by atoms with van der Waals surface area (Å²) in [4.78, 5) is 15.5. The van der Waals surface area contributed by atoms with Gasteiger partial charge in [0, 0.05) is 17.1 Å². The quantitative estimate of drug-likeness (QED) is 0.742. The Bertz CT molecular complexity index is 752. The summed E-state index contributed by atoms with van der Waals surface area (Å²) in [5, 5.41) is 8.85. The van der Waals surface area contributed by atoms with Crippen molar-refractivity contribution in [1.82, 2.24) is 0 Å². The highest BCUT2D eigenvalue weighted by molar-refractivity contribution is 8.00. The van der Waals surface area contributed by atoms with Crippen LogP contribution in [-0.2, 0) is 17.6 Å². The van der Waals surface area contributed by atoms with Crippen LogP contribution < -0.4 is 4.90 Å². The Morgan fingerprint density at radius 2 is 1.92 bits per heavy atom. The number of anilines is 1. The second-order valence-corrected chi connectivity index (χ2v) is 6.91. The summed E-state index contributed by atoms with van der Waals surface area (Å²) in [5.74, 6) is 0.431. The van der Waals surface area contributed by atoms with Crippen molar-refractivity contribution in [2.24, 2.45) is 0 Å². The zero-order valence-electron chi connectivity index (χ0n) is 13.6. The number of amides is 1. The molecule has 0 spiro atoms. The maximum absolute atomic E-state index is 12.7. The molecule has 24 heavy (non-hydrogen) atoms. The summed E-state index contributed by atoms with van der Waals surface area (Å²) in [7, 11) is 0. The first-order chi connectivity index (χ1) is 11.8. The summed E-state index contributed by atoms with van der Waals surface area (Å²) in [6, 6.07) is 18.2. The van der Waals surface area contributed by atoms with E-state index < -0.39 is 0 Å². The van der Waals surface area contributed by atoms with Gasteiger partial charge in [-0.2, -0.15) is 5.26 Å². The second kappa shape index (κ2) is 8.03. The molecule has 2 aromatic rings. The standard InChI is InChI=1S/C20H20N2OS/c21-12-5-13-22(18-8-2-1-3-9-18)20(23)15-24-19-11-10-16-6-4-7-17(16)14-19/h1-3,8-11,14H,4-7,13,15H2. The van der Waals surface area contributed by atoms with Gasteiger partial charge in [0.2, 0.25) is 5.91 Å². The Morgan fingerprint density at radius 3 is 2.71 bits per heavy atom. The summed E-state index contributed by atoms with van der Waals surface area (Å²) >= 11 is 1.58. The van der Waals surface area contributed by atoms with E-state index in [0.29, 0.717) is 18.7 Å². The van der Waals surface area contributed by atoms with E-state index in [2.05, 4.69) is 24.3 Å². The molecule has 1 aliphatic carbocycles. The van der Waals surface area contributed by atoms with Crippen LogP contribution in [0.25, 0.3) is 0 Å². The van der Waals surface area contributed by atoms with Crippen LogP contribution in [0.2, 0.25) is 0 Å². The molecular formula is C20H20N2OS. The van der Waals surface area contributed by atoms with Gasteiger partial charge in [-0.3, -0.25) is 4.79 Å². The van der Waals surface area contributed by atoms with Crippen LogP contribution >= 0.6 is 11.8 Å². The molecule has 0 saturated carbocycles. The van der Waals surface area contributed by atoms with E-state index in [-0.39, 0.29) is 5.91 Å². The van der Waals surface area contributed by atoms with E-state index in [4.69, 9.17) is 5.26 Å². The van der Waals surface area contributed by atoms with Gasteiger partial charge in [-0.25, -0.2) is 0 Å². The molecule has 0 radical (unpaired) electrons. The summed E-state index contributed by atoms with van der Waals surface area (Å²) < 4.78 is 0. The number of carbonyl (C=O) groups excluding carboxylic acids is 1. The van der Waals surface area contributed by atoms with Gasteiger partial charge < -0.3 is 4.90 Å². The fraction of sp³-hybridized carbons (Fsp3) is 0.300. The Hall–Kier alpha value is -2.25. The monoisotopic (exact) mass is 336 g/mol. The van der Waals surface area contributed by atoms with Gasteiger partial charge in [0.25, 0.3) is 0 Å². The van der Waals surface area contributed by atoms with Crippen molar-refractivity contribution in [2.75, 3.05) is 17.2 Å². The van der Waals surface area contributed by atoms with Crippen LogP contribution in [0.4, 0.5) is 5.69 Å². The number of aryl methyl sites for hydroxylation is 2. The normalized spacial score (nSPS) is 12.5. The molecule has 0 fully saturated rings. The minimum Gasteiger partial charge on any atom is -0.311 e. The zero-order valence-corrected chi connectivity index (χ0v) is 14.4. The number of benzene rings is 2. The molecule has 0 heterocycles. The minimum absolute atomic E-state index is 0.0435. The van der Waals surface area contributed by atoms with Crippen LogP contribution in [0.3, 0.4) is 0 Å². The van der Waals surface area contributed by atoms with Crippen molar-refractivity contribution in [2.45, 2.75) is 30.6 Å². The number of hydrogen-bond donors (Lipinski definition) is 0. The van der Waals surface area contributed by atoms with Crippen LogP contribution in [0.5, 0.6) is 0 Å². The molecular weight excluding hydrogens is 316 g/mol. The number of hydrogen-bond acceptors (Lipinski definition) is 3. The van der Waals surface area contributed by atoms with Gasteiger partial charge in [0.15, 0.2) is 0 Å². The molecule has 0 aromatic heterocycles. The number of nitrogens with zero attached hydrogens (tertiary/aromatic N) is 2. The van der Waals surface area contributed by atoms with E-state index >= 15 is 0 Å². The summed E-state index contributed by atoms with van der Waals surface area (Å²) in [5.41, 5.74) is 3.73. The van der Waals surface area contributed by atoms with Gasteiger partial charge in [-0.05, 0) is 54.7 Å². The highest BCUT2D eigenvalue weighted by Crippen LogP contribution is 2.28. The lowest BCUT2D eigenvalue weighted by atomic mass is 10.1.